The molecule has 7 heteroatoms. The average molecular weight is 392 g/mol. The third kappa shape index (κ3) is 3.26. The van der Waals surface area contributed by atoms with Gasteiger partial charge in [0.25, 0.3) is 10.0 Å². The maximum absolute atomic E-state index is 12.8. The molecular weight excluding hydrogens is 372 g/mol. The zero-order valence-corrected chi connectivity index (χ0v) is 16.2. The SMILES string of the molecule is Cc1nc2ccccc2n1Cc1ccc(S(=O)(=O)N(N)c2ccccc2)cc1. The van der Waals surface area contributed by atoms with Crippen molar-refractivity contribution in [2.24, 2.45) is 5.84 Å². The van der Waals surface area contributed by atoms with E-state index < -0.39 is 10.0 Å². The Morgan fingerprint density at radius 1 is 0.929 bits per heavy atom. The van der Waals surface area contributed by atoms with Gasteiger partial charge in [0.15, 0.2) is 0 Å². The predicted octanol–water partition coefficient (Wildman–Crippen LogP) is 3.46. The highest BCUT2D eigenvalue weighted by Gasteiger charge is 2.22. The Bertz CT molecular complexity index is 1220. The molecule has 0 spiro atoms. The molecule has 0 aliphatic heterocycles. The predicted molar refractivity (Wildman–Crippen MR) is 110 cm³/mol. The number of rotatable bonds is 5. The third-order valence-corrected chi connectivity index (χ3v) is 6.27. The lowest BCUT2D eigenvalue weighted by Gasteiger charge is -2.19. The van der Waals surface area contributed by atoms with E-state index in [2.05, 4.69) is 9.55 Å². The molecule has 0 fully saturated rings. The Balaban J connectivity index is 1.61. The Morgan fingerprint density at radius 2 is 1.57 bits per heavy atom. The summed E-state index contributed by atoms with van der Waals surface area (Å²) in [5, 5.41) is 0. The van der Waals surface area contributed by atoms with Crippen LogP contribution in [0.2, 0.25) is 0 Å². The molecular formula is C21H20N4O2S. The highest BCUT2D eigenvalue weighted by Crippen LogP contribution is 2.22. The molecule has 3 aromatic carbocycles. The summed E-state index contributed by atoms with van der Waals surface area (Å²) in [6.07, 6.45) is 0. The number of hydrogen-bond acceptors (Lipinski definition) is 4. The summed E-state index contributed by atoms with van der Waals surface area (Å²) in [4.78, 5) is 4.71. The minimum Gasteiger partial charge on any atom is -0.324 e. The van der Waals surface area contributed by atoms with Crippen molar-refractivity contribution >= 4 is 26.7 Å². The quantitative estimate of drug-likeness (QED) is 0.417. The fourth-order valence-electron chi connectivity index (χ4n) is 3.17. The van der Waals surface area contributed by atoms with E-state index in [-0.39, 0.29) is 4.90 Å². The van der Waals surface area contributed by atoms with E-state index in [1.54, 1.807) is 54.6 Å². The highest BCUT2D eigenvalue weighted by atomic mass is 32.2. The Kier molecular flexibility index (Phi) is 4.62. The number of sulfonamides is 1. The molecule has 142 valence electrons. The monoisotopic (exact) mass is 392 g/mol. The number of imidazole rings is 1. The summed E-state index contributed by atoms with van der Waals surface area (Å²) in [7, 11) is -3.82. The molecule has 0 atom stereocenters. The number of hydrogen-bond donors (Lipinski definition) is 1. The summed E-state index contributed by atoms with van der Waals surface area (Å²) >= 11 is 0. The molecule has 0 saturated carbocycles. The first-order chi connectivity index (χ1) is 13.5. The van der Waals surface area contributed by atoms with Crippen LogP contribution in [-0.4, -0.2) is 18.0 Å². The number of para-hydroxylation sites is 3. The number of anilines is 1. The first-order valence-electron chi connectivity index (χ1n) is 8.83. The number of nitrogens with zero attached hydrogens (tertiary/aromatic N) is 3. The van der Waals surface area contributed by atoms with Crippen molar-refractivity contribution < 1.29 is 8.42 Å². The van der Waals surface area contributed by atoms with Crippen molar-refractivity contribution in [1.29, 1.82) is 0 Å². The van der Waals surface area contributed by atoms with Gasteiger partial charge in [-0.2, -0.15) is 8.42 Å². The molecule has 4 aromatic rings. The van der Waals surface area contributed by atoms with Crippen LogP contribution in [-0.2, 0) is 16.6 Å². The minimum absolute atomic E-state index is 0.148. The van der Waals surface area contributed by atoms with Gasteiger partial charge < -0.3 is 4.57 Å². The summed E-state index contributed by atoms with van der Waals surface area (Å²) in [6, 6.07) is 23.3. The maximum Gasteiger partial charge on any atom is 0.277 e. The van der Waals surface area contributed by atoms with Gasteiger partial charge in [-0.25, -0.2) is 15.2 Å². The van der Waals surface area contributed by atoms with E-state index in [0.717, 1.165) is 26.8 Å². The Morgan fingerprint density at radius 3 is 2.29 bits per heavy atom. The van der Waals surface area contributed by atoms with Crippen LogP contribution in [0.15, 0.2) is 83.8 Å². The van der Waals surface area contributed by atoms with Gasteiger partial charge >= 0.3 is 0 Å². The van der Waals surface area contributed by atoms with Crippen LogP contribution in [0, 0.1) is 6.92 Å². The van der Waals surface area contributed by atoms with Gasteiger partial charge in [-0.1, -0.05) is 42.5 Å². The standard InChI is InChI=1S/C21H20N4O2S/c1-16-23-20-9-5-6-10-21(20)24(16)15-17-11-13-19(14-12-17)28(26,27)25(22)18-7-3-2-4-8-18/h2-14H,15,22H2,1H3. The molecule has 0 saturated heterocycles. The van der Waals surface area contributed by atoms with Crippen molar-refractivity contribution in [3.05, 3.63) is 90.3 Å². The smallest absolute Gasteiger partial charge is 0.277 e. The first-order valence-corrected chi connectivity index (χ1v) is 10.3. The van der Waals surface area contributed by atoms with E-state index >= 15 is 0 Å². The van der Waals surface area contributed by atoms with Crippen LogP contribution in [0.1, 0.15) is 11.4 Å². The van der Waals surface area contributed by atoms with Crippen LogP contribution in [0.3, 0.4) is 0 Å². The second kappa shape index (κ2) is 7.10. The van der Waals surface area contributed by atoms with Crippen molar-refractivity contribution in [3.8, 4) is 0 Å². The summed E-state index contributed by atoms with van der Waals surface area (Å²) in [5.41, 5.74) is 3.38. The summed E-state index contributed by atoms with van der Waals surface area (Å²) < 4.78 is 28.5. The lowest BCUT2D eigenvalue weighted by Crippen LogP contribution is -2.37. The minimum atomic E-state index is -3.82. The number of aryl methyl sites for hydroxylation is 1. The molecule has 28 heavy (non-hydrogen) atoms. The van der Waals surface area contributed by atoms with Crippen molar-refractivity contribution in [1.82, 2.24) is 9.55 Å². The van der Waals surface area contributed by atoms with Gasteiger partial charge in [0.2, 0.25) is 0 Å². The molecule has 1 aromatic heterocycles. The molecule has 6 nitrogen and oxygen atoms in total. The van der Waals surface area contributed by atoms with Gasteiger partial charge in [-0.15, -0.1) is 0 Å². The van der Waals surface area contributed by atoms with E-state index in [1.165, 1.54) is 0 Å². The number of hydrazine groups is 1. The summed E-state index contributed by atoms with van der Waals surface area (Å²) in [6.45, 7) is 2.57. The number of fused-ring (bicyclic) bond motifs is 1. The van der Waals surface area contributed by atoms with Crippen molar-refractivity contribution in [2.75, 3.05) is 4.41 Å². The molecule has 0 unspecified atom stereocenters. The van der Waals surface area contributed by atoms with Gasteiger partial charge in [0.05, 0.1) is 21.6 Å². The van der Waals surface area contributed by atoms with Gasteiger partial charge in [0.1, 0.15) is 5.82 Å². The Labute approximate surface area is 163 Å². The van der Waals surface area contributed by atoms with Crippen molar-refractivity contribution in [3.63, 3.8) is 0 Å². The Hall–Kier alpha value is -3.16. The maximum atomic E-state index is 12.8. The largest absolute Gasteiger partial charge is 0.324 e. The fourth-order valence-corrected chi connectivity index (χ4v) is 4.28. The van der Waals surface area contributed by atoms with Gasteiger partial charge in [0, 0.05) is 6.54 Å². The first kappa shape index (κ1) is 18.2. The van der Waals surface area contributed by atoms with E-state index in [1.807, 2.05) is 31.2 Å². The van der Waals surface area contributed by atoms with Crippen LogP contribution >= 0.6 is 0 Å². The molecule has 0 amide bonds. The normalized spacial score (nSPS) is 11.6. The van der Waals surface area contributed by atoms with E-state index in [4.69, 9.17) is 5.84 Å². The molecule has 0 aliphatic carbocycles. The van der Waals surface area contributed by atoms with Crippen LogP contribution in [0.25, 0.3) is 11.0 Å². The highest BCUT2D eigenvalue weighted by molar-refractivity contribution is 7.92. The molecule has 1 heterocycles. The zero-order valence-electron chi connectivity index (χ0n) is 15.4. The second-order valence-corrected chi connectivity index (χ2v) is 8.33. The molecule has 4 rings (SSSR count). The number of benzene rings is 3. The van der Waals surface area contributed by atoms with Gasteiger partial charge in [-0.3, -0.25) is 0 Å². The zero-order chi connectivity index (χ0) is 19.7. The van der Waals surface area contributed by atoms with Crippen LogP contribution in [0.4, 0.5) is 5.69 Å². The van der Waals surface area contributed by atoms with E-state index in [9.17, 15) is 8.42 Å². The lowest BCUT2D eigenvalue weighted by molar-refractivity contribution is 0.592. The molecule has 0 aliphatic rings. The average Bonchev–Trinajstić information content (AvgIpc) is 3.04. The fraction of sp³-hybridized carbons (Fsp3) is 0.0952. The number of aromatic nitrogens is 2. The van der Waals surface area contributed by atoms with Crippen LogP contribution in [0.5, 0.6) is 0 Å². The molecule has 0 bridgehead atoms. The van der Waals surface area contributed by atoms with Crippen LogP contribution < -0.4 is 10.3 Å². The second-order valence-electron chi connectivity index (χ2n) is 6.51. The van der Waals surface area contributed by atoms with Crippen molar-refractivity contribution in [2.45, 2.75) is 18.4 Å². The number of nitrogens with two attached hydrogens (primary N) is 1. The molecule has 0 radical (unpaired) electrons. The van der Waals surface area contributed by atoms with E-state index in [0.29, 0.717) is 12.2 Å². The molecule has 2 N–H and O–H groups in total. The third-order valence-electron chi connectivity index (χ3n) is 4.68. The van der Waals surface area contributed by atoms with Gasteiger partial charge in [-0.05, 0) is 48.9 Å². The lowest BCUT2D eigenvalue weighted by atomic mass is 10.2. The topological polar surface area (TPSA) is 81.2 Å². The summed E-state index contributed by atoms with van der Waals surface area (Å²) in [5.74, 6) is 6.78.